The first-order chi connectivity index (χ1) is 8.54. The summed E-state index contributed by atoms with van der Waals surface area (Å²) < 4.78 is 49.2. The summed E-state index contributed by atoms with van der Waals surface area (Å²) in [6.45, 7) is 5.62. The first-order valence-corrected chi connectivity index (χ1v) is 9.24. The minimum Gasteiger partial charge on any atom is -0.224 e. The highest BCUT2D eigenvalue weighted by Gasteiger charge is 2.19. The van der Waals surface area contributed by atoms with E-state index in [-0.39, 0.29) is 21.8 Å². The van der Waals surface area contributed by atoms with Crippen molar-refractivity contribution in [3.05, 3.63) is 24.3 Å². The van der Waals surface area contributed by atoms with E-state index >= 15 is 0 Å². The van der Waals surface area contributed by atoms with Crippen molar-refractivity contribution in [3.8, 4) is 0 Å². The fourth-order valence-corrected chi connectivity index (χ4v) is 3.34. The molecule has 0 aliphatic rings. The molecule has 0 aliphatic carbocycles. The Morgan fingerprint density at radius 2 is 1.32 bits per heavy atom. The lowest BCUT2D eigenvalue weighted by atomic mass is 10.1. The maximum absolute atomic E-state index is 12.0. The molecule has 0 amide bonds. The van der Waals surface area contributed by atoms with Crippen LogP contribution in [0.3, 0.4) is 0 Å². The van der Waals surface area contributed by atoms with Gasteiger partial charge in [0.05, 0.1) is 9.79 Å². The summed E-state index contributed by atoms with van der Waals surface area (Å²) in [6.07, 6.45) is 1.08. The Labute approximate surface area is 115 Å². The highest BCUT2D eigenvalue weighted by Crippen LogP contribution is 2.15. The van der Waals surface area contributed by atoms with Crippen molar-refractivity contribution in [2.45, 2.75) is 36.6 Å². The van der Waals surface area contributed by atoms with Crippen LogP contribution in [0.25, 0.3) is 0 Å². The number of sulfone groups is 1. The van der Waals surface area contributed by atoms with Crippen molar-refractivity contribution in [1.29, 1.82) is 0 Å². The standard InChI is InChI=1S/C12H19NO4S2/c1-9(2)10(3)13-19(16,17)12-7-5-11(6-8-12)18(4,14)15/h5-10,13H,1-4H3/t10-/m1/s1. The average Bonchev–Trinajstić information content (AvgIpc) is 2.27. The lowest BCUT2D eigenvalue weighted by Gasteiger charge is -2.17. The predicted octanol–water partition coefficient (Wildman–Crippen LogP) is 1.41. The van der Waals surface area contributed by atoms with Crippen LogP contribution in [0.15, 0.2) is 34.1 Å². The van der Waals surface area contributed by atoms with Gasteiger partial charge in [0, 0.05) is 12.3 Å². The fourth-order valence-electron chi connectivity index (χ4n) is 1.31. The van der Waals surface area contributed by atoms with Gasteiger partial charge in [-0.25, -0.2) is 21.6 Å². The van der Waals surface area contributed by atoms with Gasteiger partial charge >= 0.3 is 0 Å². The zero-order valence-electron chi connectivity index (χ0n) is 11.4. The second-order valence-corrected chi connectivity index (χ2v) is 8.63. The van der Waals surface area contributed by atoms with Gasteiger partial charge in [-0.3, -0.25) is 0 Å². The van der Waals surface area contributed by atoms with Crippen molar-refractivity contribution in [3.63, 3.8) is 0 Å². The molecular weight excluding hydrogens is 286 g/mol. The molecule has 0 radical (unpaired) electrons. The van der Waals surface area contributed by atoms with Crippen LogP contribution in [0.5, 0.6) is 0 Å². The highest BCUT2D eigenvalue weighted by molar-refractivity contribution is 7.90. The van der Waals surface area contributed by atoms with E-state index < -0.39 is 19.9 Å². The van der Waals surface area contributed by atoms with Gasteiger partial charge in [0.15, 0.2) is 9.84 Å². The highest BCUT2D eigenvalue weighted by atomic mass is 32.2. The molecule has 0 fully saturated rings. The molecule has 1 rings (SSSR count). The summed E-state index contributed by atoms with van der Waals surface area (Å²) in [6, 6.07) is 4.99. The molecule has 0 aromatic heterocycles. The molecule has 0 unspecified atom stereocenters. The van der Waals surface area contributed by atoms with Crippen LogP contribution in [-0.4, -0.2) is 29.1 Å². The van der Waals surface area contributed by atoms with Crippen molar-refractivity contribution in [2.75, 3.05) is 6.26 Å². The van der Waals surface area contributed by atoms with Gasteiger partial charge in [0.25, 0.3) is 0 Å². The van der Waals surface area contributed by atoms with E-state index in [4.69, 9.17) is 0 Å². The third kappa shape index (κ3) is 4.29. The summed E-state index contributed by atoms with van der Waals surface area (Å²) in [5, 5.41) is 0. The molecule has 0 spiro atoms. The van der Waals surface area contributed by atoms with Crippen LogP contribution < -0.4 is 4.72 Å². The number of hydrogen-bond donors (Lipinski definition) is 1. The summed E-state index contributed by atoms with van der Waals surface area (Å²) >= 11 is 0. The van der Waals surface area contributed by atoms with Crippen LogP contribution in [0.4, 0.5) is 0 Å². The molecule has 108 valence electrons. The molecule has 0 aliphatic heterocycles. The second kappa shape index (κ2) is 5.60. The SMILES string of the molecule is CC(C)[C@@H](C)NS(=O)(=O)c1ccc(S(C)(=O)=O)cc1. The third-order valence-electron chi connectivity index (χ3n) is 2.90. The maximum Gasteiger partial charge on any atom is 0.240 e. The molecule has 1 atom stereocenters. The van der Waals surface area contributed by atoms with Gasteiger partial charge < -0.3 is 0 Å². The van der Waals surface area contributed by atoms with Gasteiger partial charge in [0.2, 0.25) is 10.0 Å². The fraction of sp³-hybridized carbons (Fsp3) is 0.500. The molecule has 1 aromatic carbocycles. The Hall–Kier alpha value is -0.920. The summed E-state index contributed by atoms with van der Waals surface area (Å²) in [5.41, 5.74) is 0. The normalized spacial score (nSPS) is 14.6. The van der Waals surface area contributed by atoms with Gasteiger partial charge in [0.1, 0.15) is 0 Å². The van der Waals surface area contributed by atoms with Crippen molar-refractivity contribution < 1.29 is 16.8 Å². The zero-order chi connectivity index (χ0) is 14.8. The number of nitrogens with one attached hydrogen (secondary N) is 1. The molecule has 0 heterocycles. The molecule has 1 aromatic rings. The molecular formula is C12H19NO4S2. The second-order valence-electron chi connectivity index (χ2n) is 4.90. The molecule has 1 N–H and O–H groups in total. The van der Waals surface area contributed by atoms with Gasteiger partial charge in [-0.05, 0) is 37.1 Å². The number of sulfonamides is 1. The molecule has 0 saturated heterocycles. The topological polar surface area (TPSA) is 80.3 Å². The maximum atomic E-state index is 12.0. The van der Waals surface area contributed by atoms with E-state index in [1.54, 1.807) is 6.92 Å². The zero-order valence-corrected chi connectivity index (χ0v) is 13.0. The van der Waals surface area contributed by atoms with Crippen LogP contribution in [0.2, 0.25) is 0 Å². The molecule has 0 saturated carbocycles. The van der Waals surface area contributed by atoms with E-state index in [1.165, 1.54) is 24.3 Å². The van der Waals surface area contributed by atoms with E-state index in [2.05, 4.69) is 4.72 Å². The lowest BCUT2D eigenvalue weighted by molar-refractivity contribution is 0.476. The Kier molecular flexibility index (Phi) is 4.76. The smallest absolute Gasteiger partial charge is 0.224 e. The number of rotatable bonds is 5. The van der Waals surface area contributed by atoms with Gasteiger partial charge in [-0.2, -0.15) is 0 Å². The first-order valence-electron chi connectivity index (χ1n) is 5.86. The Balaban J connectivity index is 3.04. The van der Waals surface area contributed by atoms with Crippen LogP contribution in [-0.2, 0) is 19.9 Å². The first kappa shape index (κ1) is 16.1. The predicted molar refractivity (Wildman–Crippen MR) is 74.2 cm³/mol. The van der Waals surface area contributed by atoms with Crippen molar-refractivity contribution in [2.24, 2.45) is 5.92 Å². The Morgan fingerprint density at radius 3 is 1.68 bits per heavy atom. The molecule has 5 nitrogen and oxygen atoms in total. The summed E-state index contributed by atoms with van der Waals surface area (Å²) in [4.78, 5) is 0.163. The van der Waals surface area contributed by atoms with E-state index in [9.17, 15) is 16.8 Å². The minimum atomic E-state index is -3.61. The minimum absolute atomic E-state index is 0.0624. The average molecular weight is 305 g/mol. The van der Waals surface area contributed by atoms with Crippen LogP contribution >= 0.6 is 0 Å². The summed E-state index contributed by atoms with van der Waals surface area (Å²) in [7, 11) is -6.93. The Bertz CT molecular complexity index is 631. The van der Waals surface area contributed by atoms with Crippen molar-refractivity contribution in [1.82, 2.24) is 4.72 Å². The largest absolute Gasteiger partial charge is 0.240 e. The van der Waals surface area contributed by atoms with Crippen LogP contribution in [0, 0.1) is 5.92 Å². The summed E-state index contributed by atoms with van der Waals surface area (Å²) in [5.74, 6) is 0.171. The van der Waals surface area contributed by atoms with Gasteiger partial charge in [-0.1, -0.05) is 13.8 Å². The monoisotopic (exact) mass is 305 g/mol. The number of benzene rings is 1. The van der Waals surface area contributed by atoms with E-state index in [0.717, 1.165) is 6.26 Å². The molecule has 7 heteroatoms. The molecule has 0 bridgehead atoms. The van der Waals surface area contributed by atoms with Crippen LogP contribution in [0.1, 0.15) is 20.8 Å². The quantitative estimate of drug-likeness (QED) is 0.892. The lowest BCUT2D eigenvalue weighted by Crippen LogP contribution is -2.36. The van der Waals surface area contributed by atoms with E-state index in [0.29, 0.717) is 0 Å². The Morgan fingerprint density at radius 1 is 0.895 bits per heavy atom. The van der Waals surface area contributed by atoms with Crippen molar-refractivity contribution >= 4 is 19.9 Å². The molecule has 19 heavy (non-hydrogen) atoms. The third-order valence-corrected chi connectivity index (χ3v) is 5.61. The van der Waals surface area contributed by atoms with Gasteiger partial charge in [-0.15, -0.1) is 0 Å². The number of hydrogen-bond acceptors (Lipinski definition) is 4. The van der Waals surface area contributed by atoms with E-state index in [1.807, 2.05) is 13.8 Å².